The van der Waals surface area contributed by atoms with Crippen LogP contribution in [0.3, 0.4) is 0 Å². The van der Waals surface area contributed by atoms with Crippen LogP contribution in [0.5, 0.6) is 0 Å². The third kappa shape index (κ3) is 3.40. The van der Waals surface area contributed by atoms with E-state index in [4.69, 9.17) is 0 Å². The van der Waals surface area contributed by atoms with E-state index >= 15 is 0 Å². The van der Waals surface area contributed by atoms with Gasteiger partial charge in [0.1, 0.15) is 6.10 Å². The number of hydrogen-bond donors (Lipinski definition) is 1. The molecule has 0 radical (unpaired) electrons. The first kappa shape index (κ1) is 13.4. The predicted octanol–water partition coefficient (Wildman–Crippen LogP) is 2.11. The third-order valence-corrected chi connectivity index (χ3v) is 2.74. The minimum atomic E-state index is -3.30. The molecule has 1 saturated heterocycles. The van der Waals surface area contributed by atoms with Crippen LogP contribution in [0.25, 0.3) is 0 Å². The van der Waals surface area contributed by atoms with Gasteiger partial charge in [0.25, 0.3) is 0 Å². The van der Waals surface area contributed by atoms with Crippen LogP contribution in [0.2, 0.25) is 0 Å². The fourth-order valence-electron chi connectivity index (χ4n) is 1.87. The smallest absolute Gasteiger partial charge is 0.377 e. The molecule has 1 unspecified atom stereocenters. The average Bonchev–Trinajstić information content (AvgIpc) is 2.38. The van der Waals surface area contributed by atoms with Crippen molar-refractivity contribution in [2.75, 3.05) is 6.54 Å². The number of carbonyl (C=O) groups excluding carboxylic acids is 1. The Kier molecular flexibility index (Phi) is 3.88. The molecular formula is C11H19F2NO2. The number of esters is 1. The molecule has 0 saturated carbocycles. The summed E-state index contributed by atoms with van der Waals surface area (Å²) >= 11 is 0. The Hall–Kier alpha value is -0.710. The lowest BCUT2D eigenvalue weighted by Crippen LogP contribution is -2.43. The van der Waals surface area contributed by atoms with E-state index in [-0.39, 0.29) is 12.1 Å². The van der Waals surface area contributed by atoms with Crippen molar-refractivity contribution in [2.24, 2.45) is 0 Å². The normalized spacial score (nSPS) is 24.6. The fraction of sp³-hybridized carbons (Fsp3) is 0.909. The topological polar surface area (TPSA) is 38.3 Å². The lowest BCUT2D eigenvalue weighted by molar-refractivity contribution is -0.159. The molecule has 1 aliphatic rings. The minimum absolute atomic E-state index is 0.112. The summed E-state index contributed by atoms with van der Waals surface area (Å²) in [5.74, 6) is -4.70. The number of cyclic esters (lactones) is 1. The number of carbonyl (C=O) groups is 1. The van der Waals surface area contributed by atoms with Gasteiger partial charge in [0.2, 0.25) is 0 Å². The van der Waals surface area contributed by atoms with Crippen LogP contribution in [0.4, 0.5) is 8.78 Å². The van der Waals surface area contributed by atoms with Crippen molar-refractivity contribution in [1.82, 2.24) is 5.32 Å². The zero-order valence-corrected chi connectivity index (χ0v) is 9.98. The second-order valence-electron chi connectivity index (χ2n) is 4.95. The first-order chi connectivity index (χ1) is 7.27. The van der Waals surface area contributed by atoms with E-state index in [9.17, 15) is 13.6 Å². The fourth-order valence-corrected chi connectivity index (χ4v) is 1.87. The molecule has 94 valence electrons. The van der Waals surface area contributed by atoms with Gasteiger partial charge in [-0.15, -0.1) is 0 Å². The molecule has 0 aliphatic carbocycles. The molecule has 1 fully saturated rings. The largest absolute Gasteiger partial charge is 0.456 e. The summed E-state index contributed by atoms with van der Waals surface area (Å²) < 4.78 is 30.3. The Balaban J connectivity index is 2.38. The van der Waals surface area contributed by atoms with Gasteiger partial charge in [-0.2, -0.15) is 8.78 Å². The van der Waals surface area contributed by atoms with Gasteiger partial charge in [-0.3, -0.25) is 0 Å². The van der Waals surface area contributed by atoms with Crippen molar-refractivity contribution in [3.05, 3.63) is 0 Å². The van der Waals surface area contributed by atoms with Crippen molar-refractivity contribution < 1.29 is 18.3 Å². The highest BCUT2D eigenvalue weighted by molar-refractivity contribution is 5.79. The molecule has 1 heterocycles. The van der Waals surface area contributed by atoms with E-state index in [0.717, 1.165) is 12.8 Å². The molecule has 16 heavy (non-hydrogen) atoms. The van der Waals surface area contributed by atoms with Crippen molar-refractivity contribution in [3.8, 4) is 0 Å². The first-order valence-electron chi connectivity index (χ1n) is 5.61. The van der Waals surface area contributed by atoms with Crippen LogP contribution in [0, 0.1) is 0 Å². The Bertz CT molecular complexity index is 267. The van der Waals surface area contributed by atoms with Gasteiger partial charge in [0.15, 0.2) is 0 Å². The van der Waals surface area contributed by atoms with Gasteiger partial charge in [0.05, 0.1) is 6.42 Å². The number of alkyl halides is 2. The SMILES string of the molecule is CCCC(C)(C)NCC1CC(F)(F)C(=O)O1. The van der Waals surface area contributed by atoms with E-state index < -0.39 is 24.4 Å². The Labute approximate surface area is 94.5 Å². The number of nitrogens with one attached hydrogen (secondary N) is 1. The number of rotatable bonds is 5. The van der Waals surface area contributed by atoms with Crippen LogP contribution in [0.15, 0.2) is 0 Å². The summed E-state index contributed by atoms with van der Waals surface area (Å²) in [5.41, 5.74) is -0.112. The molecule has 1 rings (SSSR count). The summed E-state index contributed by atoms with van der Waals surface area (Å²) in [7, 11) is 0. The highest BCUT2D eigenvalue weighted by Gasteiger charge is 2.50. The monoisotopic (exact) mass is 235 g/mol. The number of ether oxygens (including phenoxy) is 1. The van der Waals surface area contributed by atoms with Gasteiger partial charge in [0, 0.05) is 12.1 Å². The maximum Gasteiger partial charge on any atom is 0.377 e. The average molecular weight is 235 g/mol. The highest BCUT2D eigenvalue weighted by Crippen LogP contribution is 2.30. The molecule has 0 spiro atoms. The summed E-state index contributed by atoms with van der Waals surface area (Å²) in [6.45, 7) is 6.36. The van der Waals surface area contributed by atoms with Gasteiger partial charge in [-0.1, -0.05) is 13.3 Å². The molecule has 3 nitrogen and oxygen atoms in total. The lowest BCUT2D eigenvalue weighted by Gasteiger charge is -2.27. The molecule has 0 aromatic heterocycles. The Morgan fingerprint density at radius 2 is 2.19 bits per heavy atom. The molecule has 1 aliphatic heterocycles. The molecule has 1 N–H and O–H groups in total. The van der Waals surface area contributed by atoms with E-state index in [2.05, 4.69) is 17.0 Å². The molecule has 0 amide bonds. The van der Waals surface area contributed by atoms with Crippen LogP contribution >= 0.6 is 0 Å². The van der Waals surface area contributed by atoms with Gasteiger partial charge in [-0.25, -0.2) is 4.79 Å². The maximum atomic E-state index is 12.9. The van der Waals surface area contributed by atoms with Crippen molar-refractivity contribution in [3.63, 3.8) is 0 Å². The van der Waals surface area contributed by atoms with Crippen molar-refractivity contribution >= 4 is 5.97 Å². The summed E-state index contributed by atoms with van der Waals surface area (Å²) in [6.07, 6.45) is 0.741. The molecule has 0 aromatic rings. The minimum Gasteiger partial charge on any atom is -0.456 e. The van der Waals surface area contributed by atoms with Crippen molar-refractivity contribution in [2.45, 2.75) is 57.6 Å². The van der Waals surface area contributed by atoms with Gasteiger partial charge < -0.3 is 10.1 Å². The molecule has 0 bridgehead atoms. The zero-order valence-electron chi connectivity index (χ0n) is 9.98. The quantitative estimate of drug-likeness (QED) is 0.742. The summed E-state index contributed by atoms with van der Waals surface area (Å²) in [5, 5.41) is 3.15. The first-order valence-corrected chi connectivity index (χ1v) is 5.61. The molecule has 0 aromatic carbocycles. The van der Waals surface area contributed by atoms with Gasteiger partial charge >= 0.3 is 11.9 Å². The summed E-state index contributed by atoms with van der Waals surface area (Å²) in [6, 6.07) is 0. The molecule has 1 atom stereocenters. The second kappa shape index (κ2) is 4.65. The predicted molar refractivity (Wildman–Crippen MR) is 56.4 cm³/mol. The number of halogens is 2. The van der Waals surface area contributed by atoms with E-state index in [1.807, 2.05) is 13.8 Å². The van der Waals surface area contributed by atoms with Crippen LogP contribution in [-0.2, 0) is 9.53 Å². The van der Waals surface area contributed by atoms with Gasteiger partial charge in [-0.05, 0) is 20.3 Å². The van der Waals surface area contributed by atoms with Crippen LogP contribution < -0.4 is 5.32 Å². The lowest BCUT2D eigenvalue weighted by atomic mass is 9.98. The van der Waals surface area contributed by atoms with Crippen LogP contribution in [0.1, 0.15) is 40.0 Å². The van der Waals surface area contributed by atoms with Crippen molar-refractivity contribution in [1.29, 1.82) is 0 Å². The number of hydrogen-bond acceptors (Lipinski definition) is 3. The van der Waals surface area contributed by atoms with E-state index in [0.29, 0.717) is 0 Å². The molecular weight excluding hydrogens is 216 g/mol. The summed E-state index contributed by atoms with van der Waals surface area (Å²) in [4.78, 5) is 10.8. The zero-order chi connectivity index (χ0) is 12.4. The van der Waals surface area contributed by atoms with E-state index in [1.54, 1.807) is 0 Å². The Morgan fingerprint density at radius 3 is 2.62 bits per heavy atom. The maximum absolute atomic E-state index is 12.9. The second-order valence-corrected chi connectivity index (χ2v) is 4.95. The highest BCUT2D eigenvalue weighted by atomic mass is 19.3. The standard InChI is InChI=1S/C11H19F2NO2/c1-4-5-10(2,3)14-7-8-6-11(12,13)9(15)16-8/h8,14H,4-7H2,1-3H3. The van der Waals surface area contributed by atoms with E-state index in [1.165, 1.54) is 0 Å². The van der Waals surface area contributed by atoms with Crippen LogP contribution in [-0.4, -0.2) is 30.1 Å². The molecule has 5 heteroatoms. The third-order valence-electron chi connectivity index (χ3n) is 2.74. The Morgan fingerprint density at radius 1 is 1.56 bits per heavy atom.